The highest BCUT2D eigenvalue weighted by atomic mass is 16.5. The molecule has 3 nitrogen and oxygen atoms in total. The number of aliphatic hydroxyl groups is 1. The molecule has 0 aromatic heterocycles. The van der Waals surface area contributed by atoms with Crippen molar-refractivity contribution >= 4 is 5.97 Å². The van der Waals surface area contributed by atoms with Crippen LogP contribution in [0.3, 0.4) is 0 Å². The molecule has 0 aromatic rings. The van der Waals surface area contributed by atoms with Crippen LogP contribution in [0.4, 0.5) is 0 Å². The maximum atomic E-state index is 11.2. The Hall–Kier alpha value is -0.570. The SMILES string of the molecule is CCCC(O)CC(=O)OC(C)CCC. The highest BCUT2D eigenvalue weighted by Gasteiger charge is 2.13. The summed E-state index contributed by atoms with van der Waals surface area (Å²) in [5.74, 6) is -0.285. The molecule has 0 aliphatic rings. The number of carbonyl (C=O) groups excluding carboxylic acids is 1. The Kier molecular flexibility index (Phi) is 7.48. The monoisotopic (exact) mass is 202 g/mol. The maximum absolute atomic E-state index is 11.2. The van der Waals surface area contributed by atoms with Crippen LogP contribution < -0.4 is 0 Å². The van der Waals surface area contributed by atoms with Gasteiger partial charge in [0.25, 0.3) is 0 Å². The molecule has 0 rings (SSSR count). The number of carbonyl (C=O) groups is 1. The summed E-state index contributed by atoms with van der Waals surface area (Å²) in [5, 5.41) is 9.36. The number of hydrogen-bond acceptors (Lipinski definition) is 3. The van der Waals surface area contributed by atoms with Gasteiger partial charge in [-0.1, -0.05) is 26.7 Å². The molecule has 0 amide bonds. The van der Waals surface area contributed by atoms with E-state index in [-0.39, 0.29) is 18.5 Å². The quantitative estimate of drug-likeness (QED) is 0.644. The van der Waals surface area contributed by atoms with E-state index in [1.165, 1.54) is 0 Å². The van der Waals surface area contributed by atoms with Crippen LogP contribution in [-0.4, -0.2) is 23.3 Å². The van der Waals surface area contributed by atoms with Gasteiger partial charge >= 0.3 is 5.97 Å². The summed E-state index contributed by atoms with van der Waals surface area (Å²) in [5.41, 5.74) is 0. The molecule has 0 aliphatic carbocycles. The van der Waals surface area contributed by atoms with Crippen molar-refractivity contribution < 1.29 is 14.6 Å². The van der Waals surface area contributed by atoms with Gasteiger partial charge in [0.2, 0.25) is 0 Å². The summed E-state index contributed by atoms with van der Waals surface area (Å²) in [6, 6.07) is 0. The summed E-state index contributed by atoms with van der Waals surface area (Å²) in [6.07, 6.45) is 3.00. The van der Waals surface area contributed by atoms with Crippen molar-refractivity contribution in [1.82, 2.24) is 0 Å². The van der Waals surface area contributed by atoms with Crippen molar-refractivity contribution in [2.75, 3.05) is 0 Å². The number of aliphatic hydroxyl groups excluding tert-OH is 1. The summed E-state index contributed by atoms with van der Waals surface area (Å²) in [6.45, 7) is 5.91. The van der Waals surface area contributed by atoms with Gasteiger partial charge in [-0.25, -0.2) is 0 Å². The second kappa shape index (κ2) is 7.80. The molecule has 0 bridgehead atoms. The van der Waals surface area contributed by atoms with E-state index in [0.29, 0.717) is 6.42 Å². The van der Waals surface area contributed by atoms with Gasteiger partial charge in [0, 0.05) is 0 Å². The van der Waals surface area contributed by atoms with E-state index in [4.69, 9.17) is 4.74 Å². The lowest BCUT2D eigenvalue weighted by Crippen LogP contribution is -2.20. The normalized spacial score (nSPS) is 14.9. The maximum Gasteiger partial charge on any atom is 0.308 e. The van der Waals surface area contributed by atoms with Gasteiger partial charge < -0.3 is 9.84 Å². The van der Waals surface area contributed by atoms with Gasteiger partial charge in [-0.3, -0.25) is 4.79 Å². The lowest BCUT2D eigenvalue weighted by molar-refractivity contribution is -0.150. The molecular formula is C11H22O3. The van der Waals surface area contributed by atoms with Crippen molar-refractivity contribution in [1.29, 1.82) is 0 Å². The molecule has 0 spiro atoms. The number of hydrogen-bond donors (Lipinski definition) is 1. The standard InChI is InChI=1S/C11H22O3/c1-4-6-9(3)14-11(13)8-10(12)7-5-2/h9-10,12H,4-8H2,1-3H3. The Morgan fingerprint density at radius 2 is 1.86 bits per heavy atom. The zero-order chi connectivity index (χ0) is 11.0. The summed E-state index contributed by atoms with van der Waals surface area (Å²) < 4.78 is 5.11. The highest BCUT2D eigenvalue weighted by Crippen LogP contribution is 2.06. The second-order valence-corrected chi connectivity index (χ2v) is 3.74. The molecule has 14 heavy (non-hydrogen) atoms. The van der Waals surface area contributed by atoms with E-state index in [1.54, 1.807) is 0 Å². The Morgan fingerprint density at radius 3 is 2.36 bits per heavy atom. The van der Waals surface area contributed by atoms with Gasteiger partial charge in [0.15, 0.2) is 0 Å². The van der Waals surface area contributed by atoms with Crippen LogP contribution in [0.1, 0.15) is 52.9 Å². The van der Waals surface area contributed by atoms with E-state index in [9.17, 15) is 9.90 Å². The fourth-order valence-electron chi connectivity index (χ4n) is 1.37. The van der Waals surface area contributed by atoms with Crippen molar-refractivity contribution in [3.63, 3.8) is 0 Å². The predicted octanol–water partition coefficient (Wildman–Crippen LogP) is 2.27. The molecular weight excluding hydrogens is 180 g/mol. The van der Waals surface area contributed by atoms with Gasteiger partial charge in [-0.15, -0.1) is 0 Å². The van der Waals surface area contributed by atoms with Crippen molar-refractivity contribution in [3.8, 4) is 0 Å². The third-order valence-corrected chi connectivity index (χ3v) is 2.05. The zero-order valence-corrected chi connectivity index (χ0v) is 9.45. The minimum Gasteiger partial charge on any atom is -0.463 e. The lowest BCUT2D eigenvalue weighted by Gasteiger charge is -2.14. The van der Waals surface area contributed by atoms with Crippen LogP contribution in [0, 0.1) is 0 Å². The molecule has 0 radical (unpaired) electrons. The Morgan fingerprint density at radius 1 is 1.29 bits per heavy atom. The van der Waals surface area contributed by atoms with Crippen LogP contribution in [-0.2, 0) is 9.53 Å². The average molecular weight is 202 g/mol. The third-order valence-electron chi connectivity index (χ3n) is 2.05. The van der Waals surface area contributed by atoms with Crippen LogP contribution in [0.2, 0.25) is 0 Å². The molecule has 0 saturated heterocycles. The minimum atomic E-state index is -0.540. The number of esters is 1. The number of rotatable bonds is 7. The fraction of sp³-hybridized carbons (Fsp3) is 0.909. The molecule has 0 aromatic carbocycles. The van der Waals surface area contributed by atoms with E-state index in [1.807, 2.05) is 13.8 Å². The molecule has 0 saturated carbocycles. The smallest absolute Gasteiger partial charge is 0.308 e. The summed E-state index contributed by atoms with van der Waals surface area (Å²) in [7, 11) is 0. The Labute approximate surface area is 86.5 Å². The fourth-order valence-corrected chi connectivity index (χ4v) is 1.37. The highest BCUT2D eigenvalue weighted by molar-refractivity contribution is 5.70. The first-order valence-electron chi connectivity index (χ1n) is 5.47. The predicted molar refractivity (Wildman–Crippen MR) is 56.0 cm³/mol. The first-order valence-corrected chi connectivity index (χ1v) is 5.47. The Balaban J connectivity index is 3.63. The molecule has 3 heteroatoms. The Bertz CT molecular complexity index is 141. The molecule has 2 unspecified atom stereocenters. The average Bonchev–Trinajstić information content (AvgIpc) is 2.03. The van der Waals surface area contributed by atoms with Crippen molar-refractivity contribution in [2.24, 2.45) is 0 Å². The molecule has 2 atom stereocenters. The molecule has 0 fully saturated rings. The second-order valence-electron chi connectivity index (χ2n) is 3.74. The molecule has 1 N–H and O–H groups in total. The molecule has 0 heterocycles. The van der Waals surface area contributed by atoms with E-state index in [2.05, 4.69) is 6.92 Å². The zero-order valence-electron chi connectivity index (χ0n) is 9.45. The van der Waals surface area contributed by atoms with Gasteiger partial charge in [-0.2, -0.15) is 0 Å². The molecule has 0 aliphatic heterocycles. The van der Waals surface area contributed by atoms with E-state index >= 15 is 0 Å². The van der Waals surface area contributed by atoms with E-state index < -0.39 is 6.10 Å². The van der Waals surface area contributed by atoms with Crippen LogP contribution in [0.15, 0.2) is 0 Å². The molecule has 84 valence electrons. The summed E-state index contributed by atoms with van der Waals surface area (Å²) >= 11 is 0. The lowest BCUT2D eigenvalue weighted by atomic mass is 10.1. The first-order chi connectivity index (χ1) is 6.60. The van der Waals surface area contributed by atoms with E-state index in [0.717, 1.165) is 19.3 Å². The summed E-state index contributed by atoms with van der Waals surface area (Å²) in [4.78, 5) is 11.2. The largest absolute Gasteiger partial charge is 0.463 e. The number of ether oxygens (including phenoxy) is 1. The first kappa shape index (κ1) is 13.4. The van der Waals surface area contributed by atoms with Gasteiger partial charge in [0.1, 0.15) is 0 Å². The van der Waals surface area contributed by atoms with Gasteiger partial charge in [-0.05, 0) is 19.8 Å². The third kappa shape index (κ3) is 6.89. The van der Waals surface area contributed by atoms with Crippen molar-refractivity contribution in [2.45, 2.75) is 65.1 Å². The van der Waals surface area contributed by atoms with Crippen LogP contribution in [0.5, 0.6) is 0 Å². The van der Waals surface area contributed by atoms with Crippen LogP contribution in [0.25, 0.3) is 0 Å². The minimum absolute atomic E-state index is 0.0265. The van der Waals surface area contributed by atoms with Crippen molar-refractivity contribution in [3.05, 3.63) is 0 Å². The topological polar surface area (TPSA) is 46.5 Å². The van der Waals surface area contributed by atoms with Gasteiger partial charge in [0.05, 0.1) is 18.6 Å². The van der Waals surface area contributed by atoms with Crippen LogP contribution >= 0.6 is 0 Å².